The molecule has 2 fully saturated rings. The summed E-state index contributed by atoms with van der Waals surface area (Å²) < 4.78 is 51.0. The zero-order chi connectivity index (χ0) is 26.7. The Bertz CT molecular complexity index is 1240. The van der Waals surface area contributed by atoms with Crippen LogP contribution in [0.5, 0.6) is 11.5 Å². The van der Waals surface area contributed by atoms with E-state index in [9.17, 15) is 13.2 Å². The number of piperidine rings is 1. The number of nitrogens with zero attached hydrogens (tertiary/aromatic N) is 2. The smallest absolute Gasteiger partial charge is 0.416 e. The van der Waals surface area contributed by atoms with Crippen LogP contribution in [-0.4, -0.2) is 38.3 Å². The number of pyridine rings is 1. The Morgan fingerprint density at radius 2 is 1.68 bits per heavy atom. The third kappa shape index (κ3) is 5.60. The highest BCUT2D eigenvalue weighted by atomic mass is 19.4. The van der Waals surface area contributed by atoms with Crippen molar-refractivity contribution in [2.75, 3.05) is 32.2 Å². The monoisotopic (exact) mass is 525 g/mol. The lowest BCUT2D eigenvalue weighted by Crippen LogP contribution is -2.43. The van der Waals surface area contributed by atoms with Crippen LogP contribution in [-0.2, 0) is 12.7 Å². The van der Waals surface area contributed by atoms with E-state index in [2.05, 4.69) is 27.3 Å². The van der Waals surface area contributed by atoms with Crippen molar-refractivity contribution in [3.8, 4) is 22.8 Å². The Morgan fingerprint density at radius 3 is 2.29 bits per heavy atom. The second kappa shape index (κ2) is 11.2. The number of aromatic nitrogens is 1. The number of anilines is 1. The Labute approximate surface area is 222 Å². The summed E-state index contributed by atoms with van der Waals surface area (Å²) in [6.45, 7) is 2.35. The van der Waals surface area contributed by atoms with Crippen LogP contribution >= 0.6 is 0 Å². The molecular weight excluding hydrogens is 491 g/mol. The fraction of sp³-hybridized carbons (Fsp3) is 0.433. The van der Waals surface area contributed by atoms with Crippen LogP contribution in [0.25, 0.3) is 11.3 Å². The van der Waals surface area contributed by atoms with E-state index in [0.717, 1.165) is 72.6 Å². The van der Waals surface area contributed by atoms with E-state index in [-0.39, 0.29) is 6.04 Å². The van der Waals surface area contributed by atoms with Gasteiger partial charge in [0.2, 0.25) is 0 Å². The molecule has 5 rings (SSSR count). The van der Waals surface area contributed by atoms with E-state index >= 15 is 0 Å². The van der Waals surface area contributed by atoms with E-state index in [1.165, 1.54) is 18.6 Å². The zero-order valence-electron chi connectivity index (χ0n) is 21.9. The lowest BCUT2D eigenvalue weighted by atomic mass is 9.79. The van der Waals surface area contributed by atoms with Gasteiger partial charge in [0.15, 0.2) is 11.5 Å². The fourth-order valence-corrected chi connectivity index (χ4v) is 5.48. The topological polar surface area (TPSA) is 46.6 Å². The van der Waals surface area contributed by atoms with Gasteiger partial charge >= 0.3 is 6.18 Å². The van der Waals surface area contributed by atoms with Crippen LogP contribution in [0.1, 0.15) is 54.7 Å². The maximum absolute atomic E-state index is 13.2. The van der Waals surface area contributed by atoms with Crippen molar-refractivity contribution in [1.29, 1.82) is 0 Å². The summed E-state index contributed by atoms with van der Waals surface area (Å²) in [4.78, 5) is 6.90. The van der Waals surface area contributed by atoms with Gasteiger partial charge in [0.25, 0.3) is 0 Å². The van der Waals surface area contributed by atoms with Gasteiger partial charge in [-0.15, -0.1) is 0 Å². The van der Waals surface area contributed by atoms with Gasteiger partial charge in [0, 0.05) is 35.6 Å². The Morgan fingerprint density at radius 1 is 0.947 bits per heavy atom. The third-order valence-corrected chi connectivity index (χ3v) is 7.80. The number of alkyl halides is 3. The van der Waals surface area contributed by atoms with Gasteiger partial charge in [-0.05, 0) is 98.8 Å². The lowest BCUT2D eigenvalue weighted by Gasteiger charge is -2.36. The highest BCUT2D eigenvalue weighted by Crippen LogP contribution is 2.46. The molecule has 1 saturated heterocycles. The molecule has 0 unspecified atom stereocenters. The first-order valence-corrected chi connectivity index (χ1v) is 13.2. The number of benzene rings is 2. The normalized spacial score (nSPS) is 16.7. The van der Waals surface area contributed by atoms with Gasteiger partial charge in [-0.3, -0.25) is 4.98 Å². The number of hydrogen-bond donors (Lipinski definition) is 1. The molecule has 38 heavy (non-hydrogen) atoms. The quantitative estimate of drug-likeness (QED) is 0.350. The summed E-state index contributed by atoms with van der Waals surface area (Å²) >= 11 is 0. The molecule has 1 aromatic heterocycles. The first-order chi connectivity index (χ1) is 18.4. The summed E-state index contributed by atoms with van der Waals surface area (Å²) in [6, 6.07) is 13.9. The molecule has 2 heterocycles. The number of rotatable bonds is 8. The van der Waals surface area contributed by atoms with E-state index in [1.54, 1.807) is 32.5 Å². The Hall–Kier alpha value is -3.26. The fourth-order valence-electron chi connectivity index (χ4n) is 5.48. The molecule has 8 heteroatoms. The van der Waals surface area contributed by atoms with Crippen LogP contribution in [0, 0.1) is 0 Å². The molecular formula is C30H34F3N3O2. The van der Waals surface area contributed by atoms with Crippen molar-refractivity contribution in [2.24, 2.45) is 0 Å². The van der Waals surface area contributed by atoms with E-state index in [4.69, 9.17) is 9.47 Å². The first-order valence-electron chi connectivity index (χ1n) is 13.2. The van der Waals surface area contributed by atoms with E-state index < -0.39 is 11.7 Å². The minimum Gasteiger partial charge on any atom is -0.493 e. The standard InChI is InChI=1S/C30H34F3N3O2/c1-37-28-18-22(17-26(29(28)38-2)21-4-3-5-21)27-16-20(10-15-35-27)19-36(25-11-13-34-14-12-25)24-8-6-23(7-9-24)30(31,32)33/h6-10,15-18,21,25,34H,3-5,11-14,19H2,1-2H3. The molecule has 0 spiro atoms. The molecule has 202 valence electrons. The average Bonchev–Trinajstić information content (AvgIpc) is 2.90. The summed E-state index contributed by atoms with van der Waals surface area (Å²) in [6.07, 6.45) is 2.79. The van der Waals surface area contributed by atoms with Crippen LogP contribution in [0.4, 0.5) is 18.9 Å². The first kappa shape index (κ1) is 26.4. The molecule has 3 aromatic rings. The number of nitrogens with one attached hydrogen (secondary N) is 1. The van der Waals surface area contributed by atoms with Crippen molar-refractivity contribution in [2.45, 2.75) is 56.8 Å². The lowest BCUT2D eigenvalue weighted by molar-refractivity contribution is -0.137. The number of halogens is 3. The molecule has 0 radical (unpaired) electrons. The van der Waals surface area contributed by atoms with Crippen molar-refractivity contribution < 1.29 is 22.6 Å². The SMILES string of the molecule is COc1cc(-c2cc(CN(c3ccc(C(F)(F)F)cc3)C3CCNCC3)ccn2)cc(C2CCC2)c1OC. The van der Waals surface area contributed by atoms with Crippen LogP contribution in [0.3, 0.4) is 0 Å². The molecule has 2 aliphatic rings. The van der Waals surface area contributed by atoms with Crippen LogP contribution in [0.2, 0.25) is 0 Å². The minimum atomic E-state index is -4.35. The number of hydrogen-bond acceptors (Lipinski definition) is 5. The third-order valence-electron chi connectivity index (χ3n) is 7.80. The van der Waals surface area contributed by atoms with Gasteiger partial charge in [0.1, 0.15) is 0 Å². The molecule has 1 N–H and O–H groups in total. The van der Waals surface area contributed by atoms with Crippen molar-refractivity contribution >= 4 is 5.69 Å². The molecule has 1 saturated carbocycles. The van der Waals surface area contributed by atoms with Gasteiger partial charge in [-0.2, -0.15) is 13.2 Å². The van der Waals surface area contributed by atoms with Gasteiger partial charge in [-0.25, -0.2) is 0 Å². The maximum atomic E-state index is 13.2. The predicted molar refractivity (Wildman–Crippen MR) is 143 cm³/mol. The summed E-state index contributed by atoms with van der Waals surface area (Å²) in [5.74, 6) is 1.94. The van der Waals surface area contributed by atoms with Crippen molar-refractivity contribution in [1.82, 2.24) is 10.3 Å². The molecule has 1 aliphatic carbocycles. The zero-order valence-corrected chi connectivity index (χ0v) is 21.9. The van der Waals surface area contributed by atoms with Gasteiger partial charge < -0.3 is 19.7 Å². The average molecular weight is 526 g/mol. The molecule has 0 amide bonds. The summed E-state index contributed by atoms with van der Waals surface area (Å²) in [7, 11) is 3.33. The molecule has 5 nitrogen and oxygen atoms in total. The molecule has 2 aromatic carbocycles. The van der Waals surface area contributed by atoms with Gasteiger partial charge in [0.05, 0.1) is 25.5 Å². The highest BCUT2D eigenvalue weighted by Gasteiger charge is 2.31. The number of ether oxygens (including phenoxy) is 2. The van der Waals surface area contributed by atoms with Crippen LogP contribution < -0.4 is 19.7 Å². The van der Waals surface area contributed by atoms with Crippen LogP contribution in [0.15, 0.2) is 54.7 Å². The molecule has 0 atom stereocenters. The predicted octanol–water partition coefficient (Wildman–Crippen LogP) is 6.81. The second-order valence-electron chi connectivity index (χ2n) is 10.1. The second-order valence-corrected chi connectivity index (χ2v) is 10.1. The molecule has 0 bridgehead atoms. The number of methoxy groups -OCH3 is 2. The van der Waals surface area contributed by atoms with E-state index in [1.807, 2.05) is 12.1 Å². The summed E-state index contributed by atoms with van der Waals surface area (Å²) in [5, 5.41) is 3.38. The van der Waals surface area contributed by atoms with Crippen molar-refractivity contribution in [3.63, 3.8) is 0 Å². The largest absolute Gasteiger partial charge is 0.493 e. The molecule has 1 aliphatic heterocycles. The minimum absolute atomic E-state index is 0.232. The van der Waals surface area contributed by atoms with Crippen molar-refractivity contribution in [3.05, 3.63) is 71.4 Å². The maximum Gasteiger partial charge on any atom is 0.416 e. The van der Waals surface area contributed by atoms with Gasteiger partial charge in [-0.1, -0.05) is 6.42 Å². The highest BCUT2D eigenvalue weighted by molar-refractivity contribution is 5.68. The van der Waals surface area contributed by atoms with E-state index in [0.29, 0.717) is 18.2 Å². The Balaban J connectivity index is 1.47. The Kier molecular flexibility index (Phi) is 7.79. The summed E-state index contributed by atoms with van der Waals surface area (Å²) in [5.41, 5.74) is 4.17.